The highest BCUT2D eigenvalue weighted by Crippen LogP contribution is 2.28. The first-order valence-corrected chi connectivity index (χ1v) is 10.7. The van der Waals surface area contributed by atoms with Gasteiger partial charge in [-0.3, -0.25) is 14.5 Å². The minimum Gasteiger partial charge on any atom is -0.423 e. The van der Waals surface area contributed by atoms with Crippen molar-refractivity contribution in [2.24, 2.45) is 4.99 Å². The molecule has 3 aliphatic heterocycles. The van der Waals surface area contributed by atoms with Crippen LogP contribution in [-0.2, 0) is 9.59 Å². The zero-order chi connectivity index (χ0) is 22.4. The normalized spacial score (nSPS) is 25.2. The molecule has 1 aromatic carbocycles. The van der Waals surface area contributed by atoms with Crippen LogP contribution in [0.5, 0.6) is 0 Å². The zero-order valence-corrected chi connectivity index (χ0v) is 18.0. The highest BCUT2D eigenvalue weighted by molar-refractivity contribution is 6.02. The molecule has 32 heavy (non-hydrogen) atoms. The molecule has 0 bridgehead atoms. The number of para-hydroxylation sites is 2. The summed E-state index contributed by atoms with van der Waals surface area (Å²) in [5, 5.41) is 2.97. The van der Waals surface area contributed by atoms with Crippen molar-refractivity contribution in [2.45, 2.75) is 31.1 Å². The van der Waals surface area contributed by atoms with Gasteiger partial charge in [-0.25, -0.2) is 9.79 Å². The minimum absolute atomic E-state index is 0.0120. The fourth-order valence-corrected chi connectivity index (χ4v) is 4.58. The average molecular weight is 439 g/mol. The number of amides is 4. The van der Waals surface area contributed by atoms with E-state index in [9.17, 15) is 14.4 Å². The van der Waals surface area contributed by atoms with Crippen LogP contribution in [0.3, 0.4) is 0 Å². The number of nitrogens with one attached hydrogen (secondary N) is 1. The molecule has 0 saturated carbocycles. The molecule has 4 amide bonds. The standard InChI is InChI=1S/C21H25N7O4/c1-25-18-17(19(30)26(2)21(25)31)27(12-23-18)11-16(29)22-10-13-6-5-9-28(13)20-24-14-7-3-4-8-15(14)32-20/h3-4,7-8,12-13,17-18H,5-6,9-11H2,1-2H3,(H,22,29). The minimum atomic E-state index is -0.684. The summed E-state index contributed by atoms with van der Waals surface area (Å²) in [6.45, 7) is 1.25. The Balaban J connectivity index is 1.20. The number of hydrogen-bond donors (Lipinski definition) is 1. The van der Waals surface area contributed by atoms with Gasteiger partial charge < -0.3 is 24.4 Å². The van der Waals surface area contributed by atoms with Crippen LogP contribution in [0.2, 0.25) is 0 Å². The molecule has 0 radical (unpaired) electrons. The summed E-state index contributed by atoms with van der Waals surface area (Å²) in [7, 11) is 3.04. The highest BCUT2D eigenvalue weighted by atomic mass is 16.4. The van der Waals surface area contributed by atoms with Crippen molar-refractivity contribution in [1.29, 1.82) is 0 Å². The fourth-order valence-electron chi connectivity index (χ4n) is 4.58. The largest absolute Gasteiger partial charge is 0.423 e. The van der Waals surface area contributed by atoms with Crippen molar-refractivity contribution in [3.05, 3.63) is 24.3 Å². The monoisotopic (exact) mass is 439 g/mol. The molecule has 11 heteroatoms. The summed E-state index contributed by atoms with van der Waals surface area (Å²) in [4.78, 5) is 52.4. The zero-order valence-electron chi connectivity index (χ0n) is 18.0. The molecule has 0 aliphatic carbocycles. The van der Waals surface area contributed by atoms with E-state index in [1.807, 2.05) is 24.3 Å². The fraction of sp³-hybridized carbons (Fsp3) is 0.476. The van der Waals surface area contributed by atoms with Crippen LogP contribution in [0.1, 0.15) is 12.8 Å². The molecule has 1 aromatic heterocycles. The lowest BCUT2D eigenvalue weighted by Crippen LogP contribution is -2.64. The van der Waals surface area contributed by atoms with Crippen LogP contribution in [0, 0.1) is 0 Å². The van der Waals surface area contributed by atoms with Crippen LogP contribution in [0.25, 0.3) is 11.1 Å². The smallest absolute Gasteiger partial charge is 0.328 e. The summed E-state index contributed by atoms with van der Waals surface area (Å²) >= 11 is 0. The Labute approximate surface area is 184 Å². The Bertz CT molecular complexity index is 1070. The van der Waals surface area contributed by atoms with Gasteiger partial charge in [-0.2, -0.15) is 4.98 Å². The highest BCUT2D eigenvalue weighted by Gasteiger charge is 2.48. The number of oxazole rings is 1. The molecule has 168 valence electrons. The van der Waals surface area contributed by atoms with Crippen molar-refractivity contribution in [2.75, 3.05) is 38.6 Å². The lowest BCUT2D eigenvalue weighted by molar-refractivity contribution is -0.136. The first kappa shape index (κ1) is 20.3. The first-order chi connectivity index (χ1) is 15.4. The van der Waals surface area contributed by atoms with Gasteiger partial charge in [0.15, 0.2) is 17.8 Å². The third-order valence-electron chi connectivity index (χ3n) is 6.34. The number of likely N-dealkylation sites (N-methyl/N-ethyl adjacent to an activating group) is 2. The summed E-state index contributed by atoms with van der Waals surface area (Å²) in [5.41, 5.74) is 1.55. The quantitative estimate of drug-likeness (QED) is 0.720. The van der Waals surface area contributed by atoms with Gasteiger partial charge in [-0.15, -0.1) is 0 Å². The van der Waals surface area contributed by atoms with E-state index >= 15 is 0 Å². The van der Waals surface area contributed by atoms with E-state index in [0.29, 0.717) is 12.6 Å². The predicted octanol–water partition coefficient (Wildman–Crippen LogP) is 0.475. The van der Waals surface area contributed by atoms with Crippen LogP contribution >= 0.6 is 0 Å². The van der Waals surface area contributed by atoms with E-state index in [-0.39, 0.29) is 24.4 Å². The average Bonchev–Trinajstić information content (AvgIpc) is 3.52. The van der Waals surface area contributed by atoms with E-state index < -0.39 is 18.2 Å². The predicted molar refractivity (Wildman–Crippen MR) is 116 cm³/mol. The SMILES string of the molecule is CN1C(=O)C2C(N=CN2CC(=O)NCC2CCCN2c2nc3ccccc3o2)N(C)C1=O. The molecule has 0 spiro atoms. The number of aliphatic imine (C=N–C) groups is 1. The number of imide groups is 1. The third-order valence-corrected chi connectivity index (χ3v) is 6.34. The van der Waals surface area contributed by atoms with Crippen LogP contribution < -0.4 is 10.2 Å². The molecular formula is C21H25N7O4. The second kappa shape index (κ2) is 7.81. The number of urea groups is 1. The summed E-state index contributed by atoms with van der Waals surface area (Å²) in [6, 6.07) is 7.20. The molecule has 4 heterocycles. The number of carbonyl (C=O) groups is 3. The van der Waals surface area contributed by atoms with Gasteiger partial charge in [0, 0.05) is 27.2 Å². The second-order valence-corrected chi connectivity index (χ2v) is 8.34. The van der Waals surface area contributed by atoms with Crippen molar-refractivity contribution >= 4 is 41.3 Å². The van der Waals surface area contributed by atoms with Crippen molar-refractivity contribution in [3.63, 3.8) is 0 Å². The summed E-state index contributed by atoms with van der Waals surface area (Å²) in [5.74, 6) is -0.571. The lowest BCUT2D eigenvalue weighted by Gasteiger charge is -2.39. The van der Waals surface area contributed by atoms with E-state index in [0.717, 1.165) is 35.4 Å². The molecule has 11 nitrogen and oxygen atoms in total. The van der Waals surface area contributed by atoms with E-state index in [1.54, 1.807) is 11.9 Å². The number of hydrogen-bond acceptors (Lipinski definition) is 8. The summed E-state index contributed by atoms with van der Waals surface area (Å²) in [6.07, 6.45) is 2.78. The van der Waals surface area contributed by atoms with Gasteiger partial charge >= 0.3 is 6.03 Å². The molecule has 3 atom stereocenters. The molecule has 2 saturated heterocycles. The number of anilines is 1. The molecular weight excluding hydrogens is 414 g/mol. The molecule has 5 rings (SSSR count). The Morgan fingerprint density at radius 2 is 2.06 bits per heavy atom. The van der Waals surface area contributed by atoms with Gasteiger partial charge in [0.25, 0.3) is 11.9 Å². The van der Waals surface area contributed by atoms with Crippen molar-refractivity contribution in [3.8, 4) is 0 Å². The third kappa shape index (κ3) is 3.33. The van der Waals surface area contributed by atoms with Crippen LogP contribution in [-0.4, -0.2) is 95.8 Å². The summed E-state index contributed by atoms with van der Waals surface area (Å²) < 4.78 is 5.90. The number of carbonyl (C=O) groups excluding carboxylic acids is 3. The molecule has 3 unspecified atom stereocenters. The number of aromatic nitrogens is 1. The molecule has 3 aliphatic rings. The number of nitrogens with zero attached hydrogens (tertiary/aromatic N) is 6. The van der Waals surface area contributed by atoms with E-state index in [2.05, 4.69) is 20.2 Å². The van der Waals surface area contributed by atoms with E-state index in [4.69, 9.17) is 4.42 Å². The second-order valence-electron chi connectivity index (χ2n) is 8.34. The molecule has 2 fully saturated rings. The van der Waals surface area contributed by atoms with Crippen LogP contribution in [0.4, 0.5) is 10.8 Å². The molecule has 1 N–H and O–H groups in total. The van der Waals surface area contributed by atoms with Gasteiger partial charge in [0.2, 0.25) is 5.91 Å². The van der Waals surface area contributed by atoms with Gasteiger partial charge in [0.1, 0.15) is 5.52 Å². The number of benzene rings is 1. The Hall–Kier alpha value is -3.63. The van der Waals surface area contributed by atoms with Crippen molar-refractivity contribution < 1.29 is 18.8 Å². The van der Waals surface area contributed by atoms with Gasteiger partial charge in [-0.1, -0.05) is 12.1 Å². The maximum Gasteiger partial charge on any atom is 0.328 e. The van der Waals surface area contributed by atoms with Crippen LogP contribution in [0.15, 0.2) is 33.7 Å². The molecule has 2 aromatic rings. The van der Waals surface area contributed by atoms with Gasteiger partial charge in [0.05, 0.1) is 18.9 Å². The maximum absolute atomic E-state index is 12.7. The first-order valence-electron chi connectivity index (χ1n) is 10.7. The Kier molecular flexibility index (Phi) is 4.95. The topological polar surface area (TPSA) is 115 Å². The van der Waals surface area contributed by atoms with Gasteiger partial charge in [-0.05, 0) is 25.0 Å². The van der Waals surface area contributed by atoms with E-state index in [1.165, 1.54) is 18.3 Å². The lowest BCUT2D eigenvalue weighted by atomic mass is 10.1. The van der Waals surface area contributed by atoms with Crippen molar-refractivity contribution in [1.82, 2.24) is 25.0 Å². The Morgan fingerprint density at radius 3 is 2.88 bits per heavy atom. The number of rotatable bonds is 5. The maximum atomic E-state index is 12.7. The Morgan fingerprint density at radius 1 is 1.25 bits per heavy atom. The number of fused-ring (bicyclic) bond motifs is 2.